The largest absolute Gasteiger partial charge is 0.309 e. The van der Waals surface area contributed by atoms with Gasteiger partial charge in [-0.15, -0.1) is 0 Å². The molecule has 0 fully saturated rings. The van der Waals surface area contributed by atoms with Crippen LogP contribution in [0.1, 0.15) is 0 Å². The normalized spacial score (nSPS) is 11.8. The van der Waals surface area contributed by atoms with Gasteiger partial charge in [0.15, 0.2) is 0 Å². The summed E-state index contributed by atoms with van der Waals surface area (Å²) in [5, 5.41) is 8.28. The van der Waals surface area contributed by atoms with Gasteiger partial charge in [-0.05, 0) is 93.7 Å². The van der Waals surface area contributed by atoms with E-state index in [1.54, 1.807) is 0 Å². The molecule has 0 radical (unpaired) electrons. The van der Waals surface area contributed by atoms with Gasteiger partial charge in [-0.1, -0.05) is 146 Å². The van der Waals surface area contributed by atoms with Crippen molar-refractivity contribution in [3.8, 4) is 45.1 Å². The maximum Gasteiger partial charge on any atom is 0.235 e. The van der Waals surface area contributed by atoms with E-state index in [1.165, 1.54) is 49.3 Å². The van der Waals surface area contributed by atoms with Crippen molar-refractivity contribution in [2.24, 2.45) is 0 Å². The van der Waals surface area contributed by atoms with Crippen LogP contribution in [-0.4, -0.2) is 19.1 Å². The van der Waals surface area contributed by atoms with Crippen LogP contribution < -0.4 is 0 Å². The summed E-state index contributed by atoms with van der Waals surface area (Å²) >= 11 is 0. The van der Waals surface area contributed by atoms with Gasteiger partial charge >= 0.3 is 0 Å². The fourth-order valence-electron chi connectivity index (χ4n) is 9.05. The first kappa shape index (κ1) is 32.4. The monoisotopic (exact) mass is 738 g/mol. The molecule has 0 saturated carbocycles. The minimum atomic E-state index is 0.651. The fourth-order valence-corrected chi connectivity index (χ4v) is 9.05. The van der Waals surface area contributed by atoms with Gasteiger partial charge in [0, 0.05) is 38.2 Å². The second-order valence-corrected chi connectivity index (χ2v) is 15.0. The number of hydrogen-bond acceptors (Lipinski definition) is 2. The molecule has 12 rings (SSSR count). The van der Waals surface area contributed by atoms with Gasteiger partial charge < -0.3 is 4.57 Å². The zero-order valence-corrected chi connectivity index (χ0v) is 31.4. The Morgan fingerprint density at radius 3 is 1.60 bits per heavy atom. The molecule has 0 aliphatic rings. The van der Waals surface area contributed by atoms with E-state index < -0.39 is 0 Å². The third-order valence-corrected chi connectivity index (χ3v) is 11.7. The zero-order chi connectivity index (χ0) is 38.2. The summed E-state index contributed by atoms with van der Waals surface area (Å²) in [6.07, 6.45) is 0. The highest BCUT2D eigenvalue weighted by Gasteiger charge is 2.20. The number of nitrogens with zero attached hydrogens (tertiary/aromatic N) is 4. The quantitative estimate of drug-likeness (QED) is 0.176. The number of hydrogen-bond donors (Lipinski definition) is 0. The van der Waals surface area contributed by atoms with Crippen molar-refractivity contribution in [1.82, 2.24) is 19.1 Å². The van der Waals surface area contributed by atoms with Crippen LogP contribution in [0.5, 0.6) is 0 Å². The predicted octanol–water partition coefficient (Wildman–Crippen LogP) is 14.0. The van der Waals surface area contributed by atoms with Gasteiger partial charge in [0.05, 0.1) is 33.3 Å². The van der Waals surface area contributed by atoms with Crippen LogP contribution in [0.2, 0.25) is 0 Å². The minimum absolute atomic E-state index is 0.651. The van der Waals surface area contributed by atoms with Crippen molar-refractivity contribution in [2.45, 2.75) is 0 Å². The maximum absolute atomic E-state index is 5.36. The Morgan fingerprint density at radius 2 is 0.845 bits per heavy atom. The van der Waals surface area contributed by atoms with Crippen LogP contribution in [0.3, 0.4) is 0 Å². The lowest BCUT2D eigenvalue weighted by atomic mass is 9.96. The van der Waals surface area contributed by atoms with Crippen molar-refractivity contribution in [1.29, 1.82) is 0 Å². The smallest absolute Gasteiger partial charge is 0.235 e. The second-order valence-electron chi connectivity index (χ2n) is 15.0. The first-order chi connectivity index (χ1) is 28.8. The summed E-state index contributed by atoms with van der Waals surface area (Å²) in [7, 11) is 0. The SMILES string of the molecule is c1ccc(-c2nc(-n3c4ccc(-c5ccc6c(c5)c5ccccc5n6-c5ccccc5)cc4c4cc(-c5cccc6ccccc56)ccc43)nc3ccccc23)cc1. The standard InChI is InChI=1S/C54H34N4/c1-3-15-36(16-4-1)53-44-22-9-11-24-48(44)55-54(56-53)58-51-30-27-38(33-46(51)47-34-39(28-31-52(47)58)42-23-13-17-35-14-7-8-20-41(35)42)37-26-29-50-45(32-37)43-21-10-12-25-49(43)57(50)40-18-5-2-6-19-40/h1-34H. The summed E-state index contributed by atoms with van der Waals surface area (Å²) < 4.78 is 4.62. The van der Waals surface area contributed by atoms with E-state index in [2.05, 4.69) is 209 Å². The van der Waals surface area contributed by atoms with Crippen molar-refractivity contribution >= 4 is 65.3 Å². The first-order valence-electron chi connectivity index (χ1n) is 19.7. The Balaban J connectivity index is 1.11. The molecule has 0 unspecified atom stereocenters. The molecule has 270 valence electrons. The van der Waals surface area contributed by atoms with Crippen molar-refractivity contribution in [2.75, 3.05) is 0 Å². The number of fused-ring (bicyclic) bond motifs is 8. The van der Waals surface area contributed by atoms with Gasteiger partial charge in [-0.25, -0.2) is 9.97 Å². The molecule has 4 nitrogen and oxygen atoms in total. The Bertz CT molecular complexity index is 3560. The van der Waals surface area contributed by atoms with E-state index in [0.717, 1.165) is 55.2 Å². The van der Waals surface area contributed by atoms with Crippen LogP contribution in [0.15, 0.2) is 206 Å². The molecule has 3 heterocycles. The Morgan fingerprint density at radius 1 is 0.310 bits per heavy atom. The molecule has 0 aliphatic heterocycles. The van der Waals surface area contributed by atoms with E-state index in [-0.39, 0.29) is 0 Å². The number of benzene rings is 9. The fraction of sp³-hybridized carbons (Fsp3) is 0. The summed E-state index contributed by atoms with van der Waals surface area (Å²) in [5.41, 5.74) is 13.3. The predicted molar refractivity (Wildman–Crippen MR) is 242 cm³/mol. The first-order valence-corrected chi connectivity index (χ1v) is 19.7. The minimum Gasteiger partial charge on any atom is -0.309 e. The number of para-hydroxylation sites is 3. The van der Waals surface area contributed by atoms with Crippen molar-refractivity contribution in [3.05, 3.63) is 206 Å². The van der Waals surface area contributed by atoms with Crippen molar-refractivity contribution < 1.29 is 0 Å². The molecule has 4 heteroatoms. The average molecular weight is 739 g/mol. The van der Waals surface area contributed by atoms with Crippen LogP contribution >= 0.6 is 0 Å². The van der Waals surface area contributed by atoms with Gasteiger partial charge in [-0.3, -0.25) is 4.57 Å². The van der Waals surface area contributed by atoms with Crippen LogP contribution in [0, 0.1) is 0 Å². The second kappa shape index (κ2) is 12.9. The summed E-state index contributed by atoms with van der Waals surface area (Å²) in [6, 6.07) is 73.9. The highest BCUT2D eigenvalue weighted by Crippen LogP contribution is 2.40. The van der Waals surface area contributed by atoms with E-state index in [0.29, 0.717) is 5.95 Å². The van der Waals surface area contributed by atoms with Gasteiger partial charge in [0.2, 0.25) is 5.95 Å². The molecule has 3 aromatic heterocycles. The lowest BCUT2D eigenvalue weighted by Crippen LogP contribution is -2.03. The third-order valence-electron chi connectivity index (χ3n) is 11.7. The van der Waals surface area contributed by atoms with Gasteiger partial charge in [0.1, 0.15) is 0 Å². The molecule has 0 aliphatic carbocycles. The van der Waals surface area contributed by atoms with E-state index >= 15 is 0 Å². The third kappa shape index (κ3) is 5.02. The molecule has 12 aromatic rings. The van der Waals surface area contributed by atoms with Crippen LogP contribution in [0.25, 0.3) is 110 Å². The summed E-state index contributed by atoms with van der Waals surface area (Å²) in [5.74, 6) is 0.651. The Kier molecular flexibility index (Phi) is 7.20. The highest BCUT2D eigenvalue weighted by molar-refractivity contribution is 6.14. The number of aromatic nitrogens is 4. The molecule has 0 saturated heterocycles. The van der Waals surface area contributed by atoms with E-state index in [4.69, 9.17) is 9.97 Å². The van der Waals surface area contributed by atoms with Crippen LogP contribution in [0.4, 0.5) is 0 Å². The molecule has 0 amide bonds. The molecule has 0 bridgehead atoms. The highest BCUT2D eigenvalue weighted by atomic mass is 15.2. The molecule has 0 atom stereocenters. The summed E-state index contributed by atoms with van der Waals surface area (Å²) in [6.45, 7) is 0. The van der Waals surface area contributed by atoms with Gasteiger partial charge in [-0.2, -0.15) is 0 Å². The Hall–Kier alpha value is -7.82. The maximum atomic E-state index is 5.36. The Labute approximate surface area is 334 Å². The molecular weight excluding hydrogens is 705 g/mol. The summed E-state index contributed by atoms with van der Waals surface area (Å²) in [4.78, 5) is 10.6. The van der Waals surface area contributed by atoms with E-state index in [1.807, 2.05) is 6.07 Å². The average Bonchev–Trinajstić information content (AvgIpc) is 3.81. The topological polar surface area (TPSA) is 35.6 Å². The lowest BCUT2D eigenvalue weighted by Gasteiger charge is -2.12. The molecule has 9 aromatic carbocycles. The van der Waals surface area contributed by atoms with Crippen LogP contribution in [-0.2, 0) is 0 Å². The molecule has 0 spiro atoms. The molecule has 58 heavy (non-hydrogen) atoms. The van der Waals surface area contributed by atoms with E-state index in [9.17, 15) is 0 Å². The lowest BCUT2D eigenvalue weighted by molar-refractivity contribution is 1.01. The van der Waals surface area contributed by atoms with Crippen molar-refractivity contribution in [3.63, 3.8) is 0 Å². The molecular formula is C54H34N4. The number of rotatable bonds is 5. The zero-order valence-electron chi connectivity index (χ0n) is 31.4. The van der Waals surface area contributed by atoms with Gasteiger partial charge in [0.25, 0.3) is 0 Å². The molecule has 0 N–H and O–H groups in total.